The van der Waals surface area contributed by atoms with E-state index in [0.717, 1.165) is 11.3 Å². The van der Waals surface area contributed by atoms with Crippen molar-refractivity contribution >= 4 is 23.1 Å². The Balaban J connectivity index is 1.83. The Morgan fingerprint density at radius 1 is 0.920 bits per heavy atom. The molecule has 0 saturated carbocycles. The molecule has 3 rings (SSSR count). The fourth-order valence-electron chi connectivity index (χ4n) is 2.62. The molecule has 126 valence electrons. The molecule has 1 atom stereocenters. The highest BCUT2D eigenvalue weighted by molar-refractivity contribution is 6.30. The van der Waals surface area contributed by atoms with Crippen molar-refractivity contribution in [2.75, 3.05) is 5.32 Å². The number of hydrogen-bond donors (Lipinski definition) is 1. The third kappa shape index (κ3) is 4.68. The van der Waals surface area contributed by atoms with Gasteiger partial charge in [0.2, 0.25) is 0 Å². The zero-order chi connectivity index (χ0) is 17.6. The number of hydrogen-bond acceptors (Lipinski definition) is 2. The zero-order valence-electron chi connectivity index (χ0n) is 13.5. The second-order valence-electron chi connectivity index (χ2n) is 5.75. The van der Waals surface area contributed by atoms with E-state index >= 15 is 0 Å². The van der Waals surface area contributed by atoms with Gasteiger partial charge < -0.3 is 5.32 Å². The van der Waals surface area contributed by atoms with Gasteiger partial charge in [-0.05, 0) is 54.1 Å². The summed E-state index contributed by atoms with van der Waals surface area (Å²) in [5.41, 5.74) is 2.36. The number of ketones is 1. The van der Waals surface area contributed by atoms with Crippen LogP contribution >= 0.6 is 11.6 Å². The van der Waals surface area contributed by atoms with E-state index in [1.54, 1.807) is 36.4 Å². The van der Waals surface area contributed by atoms with Crippen LogP contribution in [0.4, 0.5) is 10.1 Å². The lowest BCUT2D eigenvalue weighted by Gasteiger charge is -2.20. The highest BCUT2D eigenvalue weighted by atomic mass is 35.5. The summed E-state index contributed by atoms with van der Waals surface area (Å²) < 4.78 is 13.2. The number of para-hydroxylation sites is 1. The Bertz CT molecular complexity index is 832. The van der Waals surface area contributed by atoms with Gasteiger partial charge >= 0.3 is 0 Å². The predicted octanol–water partition coefficient (Wildman–Crippen LogP) is 5.91. The van der Waals surface area contributed by atoms with Crippen LogP contribution in [0.3, 0.4) is 0 Å². The van der Waals surface area contributed by atoms with E-state index in [1.165, 1.54) is 12.1 Å². The van der Waals surface area contributed by atoms with Crippen LogP contribution < -0.4 is 5.32 Å². The van der Waals surface area contributed by atoms with Crippen molar-refractivity contribution in [2.45, 2.75) is 12.5 Å². The van der Waals surface area contributed by atoms with Crippen molar-refractivity contribution < 1.29 is 9.18 Å². The van der Waals surface area contributed by atoms with E-state index in [0.29, 0.717) is 10.6 Å². The summed E-state index contributed by atoms with van der Waals surface area (Å²) in [7, 11) is 0. The lowest BCUT2D eigenvalue weighted by molar-refractivity contribution is 0.0976. The van der Waals surface area contributed by atoms with Crippen LogP contribution in [-0.2, 0) is 0 Å². The van der Waals surface area contributed by atoms with Crippen molar-refractivity contribution in [3.63, 3.8) is 0 Å². The van der Waals surface area contributed by atoms with E-state index in [1.807, 2.05) is 30.3 Å². The van der Waals surface area contributed by atoms with Gasteiger partial charge in [-0.15, -0.1) is 0 Å². The summed E-state index contributed by atoms with van der Waals surface area (Å²) >= 11 is 5.88. The summed E-state index contributed by atoms with van der Waals surface area (Å²) in [5.74, 6) is -0.305. The van der Waals surface area contributed by atoms with Crippen molar-refractivity contribution in [1.29, 1.82) is 0 Å². The molecule has 0 fully saturated rings. The van der Waals surface area contributed by atoms with E-state index in [9.17, 15) is 9.18 Å². The maximum absolute atomic E-state index is 13.2. The van der Waals surface area contributed by atoms with Crippen molar-refractivity contribution in [1.82, 2.24) is 0 Å². The van der Waals surface area contributed by atoms with Gasteiger partial charge in [-0.1, -0.05) is 41.9 Å². The van der Waals surface area contributed by atoms with Crippen molar-refractivity contribution in [2.24, 2.45) is 0 Å². The minimum atomic E-state index is -0.300. The third-order valence-electron chi connectivity index (χ3n) is 3.94. The fourth-order valence-corrected chi connectivity index (χ4v) is 2.75. The molecule has 0 saturated heterocycles. The quantitative estimate of drug-likeness (QED) is 0.558. The van der Waals surface area contributed by atoms with Crippen LogP contribution in [0, 0.1) is 5.82 Å². The molecule has 0 aliphatic carbocycles. The van der Waals surface area contributed by atoms with Gasteiger partial charge in [0.05, 0.1) is 6.04 Å². The summed E-state index contributed by atoms with van der Waals surface area (Å²) in [6.07, 6.45) is 0.252. The maximum Gasteiger partial charge on any atom is 0.165 e. The van der Waals surface area contributed by atoms with Gasteiger partial charge in [0.1, 0.15) is 5.82 Å². The predicted molar refractivity (Wildman–Crippen MR) is 99.6 cm³/mol. The SMILES string of the molecule is O=C(C[C@@H](Nc1ccccc1)c1ccc(F)cc1)c1ccc(Cl)cc1. The molecule has 3 aromatic rings. The number of carbonyl (C=O) groups is 1. The summed E-state index contributed by atoms with van der Waals surface area (Å²) in [6, 6.07) is 22.4. The number of anilines is 1. The fraction of sp³-hybridized carbons (Fsp3) is 0.0952. The average molecular weight is 354 g/mol. The summed E-state index contributed by atoms with van der Waals surface area (Å²) in [4.78, 5) is 12.6. The number of carbonyl (C=O) groups excluding carboxylic acids is 1. The van der Waals surface area contributed by atoms with Crippen LogP contribution in [0.1, 0.15) is 28.4 Å². The van der Waals surface area contributed by atoms with Gasteiger partial charge in [-0.25, -0.2) is 4.39 Å². The average Bonchev–Trinajstić information content (AvgIpc) is 2.63. The van der Waals surface area contributed by atoms with Crippen molar-refractivity contribution in [3.8, 4) is 0 Å². The van der Waals surface area contributed by atoms with Crippen molar-refractivity contribution in [3.05, 3.63) is 101 Å². The van der Waals surface area contributed by atoms with Crippen LogP contribution in [0.15, 0.2) is 78.9 Å². The third-order valence-corrected chi connectivity index (χ3v) is 4.19. The molecular formula is C21H17ClFNO. The van der Waals surface area contributed by atoms with Gasteiger partial charge in [-0.3, -0.25) is 4.79 Å². The molecule has 0 aliphatic rings. The van der Waals surface area contributed by atoms with E-state index in [4.69, 9.17) is 11.6 Å². The molecule has 0 unspecified atom stereocenters. The molecule has 0 radical (unpaired) electrons. The van der Waals surface area contributed by atoms with Crippen LogP contribution in [-0.4, -0.2) is 5.78 Å². The van der Waals surface area contributed by atoms with Crippen LogP contribution in [0.5, 0.6) is 0 Å². The number of Topliss-reactive ketones (excluding diaryl/α,β-unsaturated/α-hetero) is 1. The second-order valence-corrected chi connectivity index (χ2v) is 6.19. The summed E-state index contributed by atoms with van der Waals surface area (Å²) in [5, 5.41) is 3.95. The highest BCUT2D eigenvalue weighted by Gasteiger charge is 2.17. The number of nitrogens with one attached hydrogen (secondary N) is 1. The lowest BCUT2D eigenvalue weighted by Crippen LogP contribution is -2.16. The Morgan fingerprint density at radius 2 is 1.56 bits per heavy atom. The van der Waals surface area contributed by atoms with Gasteiger partial charge in [0.15, 0.2) is 5.78 Å². The summed E-state index contributed by atoms with van der Waals surface area (Å²) in [6.45, 7) is 0. The molecular weight excluding hydrogens is 337 g/mol. The molecule has 4 heteroatoms. The Labute approximate surface area is 151 Å². The molecule has 0 heterocycles. The molecule has 2 nitrogen and oxygen atoms in total. The molecule has 0 aliphatic heterocycles. The molecule has 0 amide bonds. The standard InChI is InChI=1S/C21H17ClFNO/c22-17-10-6-16(7-11-17)21(25)14-20(15-8-12-18(23)13-9-15)24-19-4-2-1-3-5-19/h1-13,20,24H,14H2/t20-/m1/s1. The maximum atomic E-state index is 13.2. The van der Waals surface area contributed by atoms with Gasteiger partial charge in [0.25, 0.3) is 0 Å². The van der Waals surface area contributed by atoms with Crippen LogP contribution in [0.25, 0.3) is 0 Å². The Kier molecular flexibility index (Phi) is 5.46. The largest absolute Gasteiger partial charge is 0.378 e. The van der Waals surface area contributed by atoms with E-state index in [-0.39, 0.29) is 24.1 Å². The van der Waals surface area contributed by atoms with Gasteiger partial charge in [0, 0.05) is 22.7 Å². The Hall–Kier alpha value is -2.65. The molecule has 1 N–H and O–H groups in total. The molecule has 0 spiro atoms. The van der Waals surface area contributed by atoms with Gasteiger partial charge in [-0.2, -0.15) is 0 Å². The second kappa shape index (κ2) is 7.95. The number of halogens is 2. The highest BCUT2D eigenvalue weighted by Crippen LogP contribution is 2.25. The normalized spacial score (nSPS) is 11.8. The van der Waals surface area contributed by atoms with E-state index < -0.39 is 0 Å². The smallest absolute Gasteiger partial charge is 0.165 e. The van der Waals surface area contributed by atoms with Crippen LogP contribution in [0.2, 0.25) is 5.02 Å². The first-order chi connectivity index (χ1) is 12.1. The zero-order valence-corrected chi connectivity index (χ0v) is 14.2. The molecule has 25 heavy (non-hydrogen) atoms. The molecule has 0 aromatic heterocycles. The minimum absolute atomic E-state index is 0.00516. The minimum Gasteiger partial charge on any atom is -0.378 e. The first-order valence-corrected chi connectivity index (χ1v) is 8.35. The molecule has 0 bridgehead atoms. The first-order valence-electron chi connectivity index (χ1n) is 7.97. The topological polar surface area (TPSA) is 29.1 Å². The molecule has 3 aromatic carbocycles. The lowest BCUT2D eigenvalue weighted by atomic mass is 9.97. The number of rotatable bonds is 6. The monoisotopic (exact) mass is 353 g/mol. The Morgan fingerprint density at radius 3 is 2.20 bits per heavy atom. The van der Waals surface area contributed by atoms with E-state index in [2.05, 4.69) is 5.32 Å². The number of benzene rings is 3. The first kappa shape index (κ1) is 17.2.